The fourth-order valence-electron chi connectivity index (χ4n) is 1.05. The van der Waals surface area contributed by atoms with E-state index >= 15 is 0 Å². The van der Waals surface area contributed by atoms with Crippen LogP contribution >= 0.6 is 27.5 Å². The summed E-state index contributed by atoms with van der Waals surface area (Å²) >= 11 is 8.97. The predicted octanol–water partition coefficient (Wildman–Crippen LogP) is 2.75. The minimum atomic E-state index is 0.161. The Kier molecular flexibility index (Phi) is 2.09. The van der Waals surface area contributed by atoms with Crippen molar-refractivity contribution in [1.82, 2.24) is 9.97 Å². The first-order chi connectivity index (χ1) is 6.16. The summed E-state index contributed by atoms with van der Waals surface area (Å²) in [5, 5.41) is 10.3. The van der Waals surface area contributed by atoms with Gasteiger partial charge in [-0.1, -0.05) is 11.6 Å². The SMILES string of the molecule is Oc1ccc2c(Cl)nc(Br)nc2c1. The van der Waals surface area contributed by atoms with Crippen molar-refractivity contribution in [3.05, 3.63) is 28.1 Å². The lowest BCUT2D eigenvalue weighted by molar-refractivity contribution is 0.476. The first kappa shape index (κ1) is 8.72. The fourth-order valence-corrected chi connectivity index (χ4v) is 1.76. The Morgan fingerprint density at radius 2 is 2.08 bits per heavy atom. The van der Waals surface area contributed by atoms with E-state index < -0.39 is 0 Å². The van der Waals surface area contributed by atoms with Gasteiger partial charge in [0.1, 0.15) is 10.9 Å². The number of fused-ring (bicyclic) bond motifs is 1. The van der Waals surface area contributed by atoms with Crippen LogP contribution in [0.5, 0.6) is 5.75 Å². The summed E-state index contributed by atoms with van der Waals surface area (Å²) in [7, 11) is 0. The highest BCUT2D eigenvalue weighted by molar-refractivity contribution is 9.10. The summed E-state index contributed by atoms with van der Waals surface area (Å²) in [4.78, 5) is 7.98. The minimum absolute atomic E-state index is 0.161. The molecule has 2 aromatic rings. The maximum absolute atomic E-state index is 9.19. The van der Waals surface area contributed by atoms with Gasteiger partial charge in [0.05, 0.1) is 5.52 Å². The highest BCUT2D eigenvalue weighted by atomic mass is 79.9. The molecule has 0 aliphatic heterocycles. The van der Waals surface area contributed by atoms with Gasteiger partial charge in [-0.2, -0.15) is 0 Å². The summed E-state index contributed by atoms with van der Waals surface area (Å²) < 4.78 is 0.413. The van der Waals surface area contributed by atoms with E-state index in [0.717, 1.165) is 5.39 Å². The highest BCUT2D eigenvalue weighted by Gasteiger charge is 2.04. The van der Waals surface area contributed by atoms with Crippen molar-refractivity contribution in [2.75, 3.05) is 0 Å². The summed E-state index contributed by atoms with van der Waals surface area (Å²) in [6, 6.07) is 4.76. The van der Waals surface area contributed by atoms with E-state index in [2.05, 4.69) is 25.9 Å². The van der Waals surface area contributed by atoms with Crippen LogP contribution in [-0.4, -0.2) is 15.1 Å². The van der Waals surface area contributed by atoms with E-state index in [1.54, 1.807) is 12.1 Å². The molecule has 1 heterocycles. The van der Waals surface area contributed by atoms with Gasteiger partial charge in [-0.3, -0.25) is 0 Å². The average molecular weight is 259 g/mol. The maximum Gasteiger partial charge on any atom is 0.198 e. The van der Waals surface area contributed by atoms with Gasteiger partial charge >= 0.3 is 0 Å². The Balaban J connectivity index is 2.86. The lowest BCUT2D eigenvalue weighted by Gasteiger charge is -2.00. The van der Waals surface area contributed by atoms with Crippen molar-refractivity contribution in [2.24, 2.45) is 0 Å². The van der Waals surface area contributed by atoms with Crippen LogP contribution in [0.15, 0.2) is 22.9 Å². The molecule has 0 radical (unpaired) electrons. The number of aromatic hydroxyl groups is 1. The Morgan fingerprint density at radius 3 is 2.85 bits per heavy atom. The van der Waals surface area contributed by atoms with Crippen molar-refractivity contribution in [3.63, 3.8) is 0 Å². The number of nitrogens with zero attached hydrogens (tertiary/aromatic N) is 2. The lowest BCUT2D eigenvalue weighted by Crippen LogP contribution is -1.86. The van der Waals surface area contributed by atoms with Gasteiger partial charge < -0.3 is 5.11 Å². The van der Waals surface area contributed by atoms with Gasteiger partial charge in [0.15, 0.2) is 4.73 Å². The Morgan fingerprint density at radius 1 is 1.31 bits per heavy atom. The normalized spacial score (nSPS) is 10.6. The molecule has 13 heavy (non-hydrogen) atoms. The van der Waals surface area contributed by atoms with Crippen LogP contribution in [0.25, 0.3) is 10.9 Å². The summed E-state index contributed by atoms with van der Waals surface area (Å²) in [6.07, 6.45) is 0. The second-order valence-electron chi connectivity index (χ2n) is 2.48. The summed E-state index contributed by atoms with van der Waals surface area (Å²) in [5.41, 5.74) is 0.617. The number of rotatable bonds is 0. The van der Waals surface area contributed by atoms with Gasteiger partial charge in [0.25, 0.3) is 0 Å². The molecule has 1 N–H and O–H groups in total. The van der Waals surface area contributed by atoms with Gasteiger partial charge in [0, 0.05) is 11.5 Å². The smallest absolute Gasteiger partial charge is 0.198 e. The molecule has 0 saturated carbocycles. The van der Waals surface area contributed by atoms with E-state index in [1.807, 2.05) is 0 Å². The number of aromatic nitrogens is 2. The number of phenols is 1. The first-order valence-electron chi connectivity index (χ1n) is 3.48. The Labute approximate surface area is 87.5 Å². The zero-order valence-corrected chi connectivity index (χ0v) is 8.67. The molecule has 0 unspecified atom stereocenters. The van der Waals surface area contributed by atoms with Gasteiger partial charge in [-0.05, 0) is 28.1 Å². The van der Waals surface area contributed by atoms with Crippen molar-refractivity contribution in [3.8, 4) is 5.75 Å². The van der Waals surface area contributed by atoms with E-state index in [-0.39, 0.29) is 5.75 Å². The molecule has 1 aromatic carbocycles. The zero-order valence-electron chi connectivity index (χ0n) is 6.33. The van der Waals surface area contributed by atoms with Crippen molar-refractivity contribution >= 4 is 38.4 Å². The largest absolute Gasteiger partial charge is 0.508 e. The number of hydrogen-bond acceptors (Lipinski definition) is 3. The third kappa shape index (κ3) is 1.59. The van der Waals surface area contributed by atoms with Gasteiger partial charge in [-0.25, -0.2) is 9.97 Å². The molecule has 0 bridgehead atoms. The topological polar surface area (TPSA) is 46.0 Å². The predicted molar refractivity (Wildman–Crippen MR) is 53.9 cm³/mol. The molecule has 66 valence electrons. The van der Waals surface area contributed by atoms with Gasteiger partial charge in [-0.15, -0.1) is 0 Å². The van der Waals surface area contributed by atoms with E-state index in [1.165, 1.54) is 6.07 Å². The zero-order chi connectivity index (χ0) is 9.42. The maximum atomic E-state index is 9.19. The molecule has 0 fully saturated rings. The lowest BCUT2D eigenvalue weighted by atomic mass is 10.2. The molecule has 0 atom stereocenters. The molecule has 0 aliphatic carbocycles. The molecule has 5 heteroatoms. The third-order valence-electron chi connectivity index (χ3n) is 1.61. The molecule has 0 aliphatic rings. The molecule has 0 saturated heterocycles. The second-order valence-corrected chi connectivity index (χ2v) is 3.55. The molecule has 0 spiro atoms. The molecular weight excluding hydrogens is 255 g/mol. The molecule has 1 aromatic heterocycles. The number of benzene rings is 1. The van der Waals surface area contributed by atoms with Crippen molar-refractivity contribution < 1.29 is 5.11 Å². The summed E-state index contributed by atoms with van der Waals surface area (Å²) in [6.45, 7) is 0. The standard InChI is InChI=1S/C8H4BrClN2O/c9-8-11-6-3-4(13)1-2-5(6)7(10)12-8/h1-3,13H. The quantitative estimate of drug-likeness (QED) is 0.584. The van der Waals surface area contributed by atoms with Crippen molar-refractivity contribution in [2.45, 2.75) is 0 Å². The number of halogens is 2. The second kappa shape index (κ2) is 3.12. The third-order valence-corrected chi connectivity index (χ3v) is 2.25. The monoisotopic (exact) mass is 258 g/mol. The van der Waals surface area contributed by atoms with E-state index in [4.69, 9.17) is 11.6 Å². The Hall–Kier alpha value is -0.870. The number of hydrogen-bond donors (Lipinski definition) is 1. The Bertz CT molecular complexity index is 470. The molecular formula is C8H4BrClN2O. The van der Waals surface area contributed by atoms with Crippen LogP contribution in [0, 0.1) is 0 Å². The minimum Gasteiger partial charge on any atom is -0.508 e. The summed E-state index contributed by atoms with van der Waals surface area (Å²) in [5.74, 6) is 0.161. The average Bonchev–Trinajstić information content (AvgIpc) is 2.02. The van der Waals surface area contributed by atoms with Crippen LogP contribution in [-0.2, 0) is 0 Å². The fraction of sp³-hybridized carbons (Fsp3) is 0. The van der Waals surface area contributed by atoms with Crippen LogP contribution < -0.4 is 0 Å². The van der Waals surface area contributed by atoms with E-state index in [9.17, 15) is 5.11 Å². The van der Waals surface area contributed by atoms with Crippen LogP contribution in [0.3, 0.4) is 0 Å². The van der Waals surface area contributed by atoms with Crippen LogP contribution in [0.4, 0.5) is 0 Å². The van der Waals surface area contributed by atoms with E-state index in [0.29, 0.717) is 15.4 Å². The molecule has 3 nitrogen and oxygen atoms in total. The molecule has 0 amide bonds. The van der Waals surface area contributed by atoms with Crippen molar-refractivity contribution in [1.29, 1.82) is 0 Å². The van der Waals surface area contributed by atoms with Gasteiger partial charge in [0.2, 0.25) is 0 Å². The number of phenolic OH excluding ortho intramolecular Hbond substituents is 1. The van der Waals surface area contributed by atoms with Crippen LogP contribution in [0.2, 0.25) is 5.15 Å². The van der Waals surface area contributed by atoms with Crippen LogP contribution in [0.1, 0.15) is 0 Å². The highest BCUT2D eigenvalue weighted by Crippen LogP contribution is 2.24. The molecule has 2 rings (SSSR count). The first-order valence-corrected chi connectivity index (χ1v) is 4.65.